The molecular formula is C15H22N2. The van der Waals surface area contributed by atoms with Gasteiger partial charge in [0.25, 0.3) is 0 Å². The van der Waals surface area contributed by atoms with Gasteiger partial charge in [-0.2, -0.15) is 0 Å². The van der Waals surface area contributed by atoms with E-state index in [9.17, 15) is 0 Å². The van der Waals surface area contributed by atoms with Gasteiger partial charge in [-0.15, -0.1) is 0 Å². The minimum Gasteiger partial charge on any atom is -0.347 e. The molecule has 0 aliphatic heterocycles. The van der Waals surface area contributed by atoms with E-state index in [0.29, 0.717) is 5.92 Å². The average molecular weight is 230 g/mol. The van der Waals surface area contributed by atoms with E-state index in [1.165, 1.54) is 16.5 Å². The molecule has 1 N–H and O–H groups in total. The van der Waals surface area contributed by atoms with E-state index < -0.39 is 0 Å². The third-order valence-corrected chi connectivity index (χ3v) is 2.98. The summed E-state index contributed by atoms with van der Waals surface area (Å²) in [4.78, 5) is 0. The van der Waals surface area contributed by atoms with Crippen LogP contribution in [0.15, 0.2) is 30.5 Å². The summed E-state index contributed by atoms with van der Waals surface area (Å²) in [5, 5.41) is 4.71. The molecule has 0 saturated heterocycles. The molecule has 0 spiro atoms. The first kappa shape index (κ1) is 12.2. The molecule has 0 saturated carbocycles. The van der Waals surface area contributed by atoms with Crippen LogP contribution in [0.5, 0.6) is 0 Å². The van der Waals surface area contributed by atoms with Crippen LogP contribution in [0.25, 0.3) is 10.9 Å². The van der Waals surface area contributed by atoms with Gasteiger partial charge in [0.2, 0.25) is 0 Å². The van der Waals surface area contributed by atoms with Gasteiger partial charge >= 0.3 is 0 Å². The lowest BCUT2D eigenvalue weighted by atomic mass is 10.1. The fraction of sp³-hybridized carbons (Fsp3) is 0.467. The summed E-state index contributed by atoms with van der Waals surface area (Å²) in [5.74, 6) is 0.687. The molecule has 92 valence electrons. The molecule has 0 unspecified atom stereocenters. The first-order valence-corrected chi connectivity index (χ1v) is 6.49. The van der Waals surface area contributed by atoms with Gasteiger partial charge in [-0.1, -0.05) is 26.8 Å². The van der Waals surface area contributed by atoms with E-state index in [-0.39, 0.29) is 0 Å². The van der Waals surface area contributed by atoms with E-state index in [4.69, 9.17) is 0 Å². The highest BCUT2D eigenvalue weighted by atomic mass is 15.0. The summed E-state index contributed by atoms with van der Waals surface area (Å²) >= 11 is 0. The van der Waals surface area contributed by atoms with Crippen molar-refractivity contribution in [3.8, 4) is 0 Å². The second-order valence-electron chi connectivity index (χ2n) is 5.04. The van der Waals surface area contributed by atoms with Crippen molar-refractivity contribution in [3.05, 3.63) is 36.0 Å². The number of benzene rings is 1. The zero-order valence-electron chi connectivity index (χ0n) is 11.0. The largest absolute Gasteiger partial charge is 0.347 e. The van der Waals surface area contributed by atoms with Crippen molar-refractivity contribution in [1.82, 2.24) is 9.88 Å². The standard InChI is InChI=1S/C15H22N2/c1-4-16-10-13-5-6-15-14(9-13)7-8-17(15)11-12(2)3/h5-9,12,16H,4,10-11H2,1-3H3. The summed E-state index contributed by atoms with van der Waals surface area (Å²) in [7, 11) is 0. The number of fused-ring (bicyclic) bond motifs is 1. The third kappa shape index (κ3) is 2.89. The Kier molecular flexibility index (Phi) is 3.85. The van der Waals surface area contributed by atoms with Crippen molar-refractivity contribution >= 4 is 10.9 Å². The quantitative estimate of drug-likeness (QED) is 0.833. The number of hydrogen-bond acceptors (Lipinski definition) is 1. The van der Waals surface area contributed by atoms with Gasteiger partial charge in [-0.3, -0.25) is 0 Å². The van der Waals surface area contributed by atoms with Crippen molar-refractivity contribution in [1.29, 1.82) is 0 Å². The van der Waals surface area contributed by atoms with Crippen LogP contribution < -0.4 is 5.32 Å². The highest BCUT2D eigenvalue weighted by molar-refractivity contribution is 5.80. The van der Waals surface area contributed by atoms with Crippen LogP contribution in [-0.2, 0) is 13.1 Å². The Balaban J connectivity index is 2.25. The second kappa shape index (κ2) is 5.37. The third-order valence-electron chi connectivity index (χ3n) is 2.98. The second-order valence-corrected chi connectivity index (χ2v) is 5.04. The Morgan fingerprint density at radius 3 is 2.76 bits per heavy atom. The SMILES string of the molecule is CCNCc1ccc2c(ccn2CC(C)C)c1. The number of rotatable bonds is 5. The molecule has 1 aromatic heterocycles. The number of aromatic nitrogens is 1. The fourth-order valence-corrected chi connectivity index (χ4v) is 2.18. The molecular weight excluding hydrogens is 208 g/mol. The van der Waals surface area contributed by atoms with E-state index in [0.717, 1.165) is 19.6 Å². The van der Waals surface area contributed by atoms with Gasteiger partial charge in [0.1, 0.15) is 0 Å². The molecule has 1 heterocycles. The van der Waals surface area contributed by atoms with Crippen molar-refractivity contribution in [2.75, 3.05) is 6.54 Å². The highest BCUT2D eigenvalue weighted by Gasteiger charge is 2.03. The molecule has 0 aliphatic rings. The fourth-order valence-electron chi connectivity index (χ4n) is 2.18. The number of nitrogens with zero attached hydrogens (tertiary/aromatic N) is 1. The Labute approximate surface area is 104 Å². The number of hydrogen-bond donors (Lipinski definition) is 1. The van der Waals surface area contributed by atoms with Crippen LogP contribution in [0.1, 0.15) is 26.3 Å². The minimum atomic E-state index is 0.687. The smallest absolute Gasteiger partial charge is 0.0480 e. The van der Waals surface area contributed by atoms with Crippen molar-refractivity contribution in [2.24, 2.45) is 5.92 Å². The maximum absolute atomic E-state index is 3.36. The van der Waals surface area contributed by atoms with Gasteiger partial charge in [-0.05, 0) is 41.6 Å². The molecule has 0 amide bonds. The van der Waals surface area contributed by atoms with E-state index >= 15 is 0 Å². The zero-order chi connectivity index (χ0) is 12.3. The molecule has 0 aliphatic carbocycles. The summed E-state index contributed by atoms with van der Waals surface area (Å²) in [6.45, 7) is 9.72. The molecule has 1 aromatic carbocycles. The molecule has 2 nitrogen and oxygen atoms in total. The Morgan fingerprint density at radius 1 is 1.24 bits per heavy atom. The highest BCUT2D eigenvalue weighted by Crippen LogP contribution is 2.18. The summed E-state index contributed by atoms with van der Waals surface area (Å²) in [6.07, 6.45) is 2.20. The van der Waals surface area contributed by atoms with Gasteiger partial charge < -0.3 is 9.88 Å². The van der Waals surface area contributed by atoms with Crippen molar-refractivity contribution < 1.29 is 0 Å². The van der Waals surface area contributed by atoms with Crippen LogP contribution in [0.4, 0.5) is 0 Å². The molecule has 0 fully saturated rings. The lowest BCUT2D eigenvalue weighted by Crippen LogP contribution is -2.11. The van der Waals surface area contributed by atoms with Crippen molar-refractivity contribution in [2.45, 2.75) is 33.9 Å². The Hall–Kier alpha value is -1.28. The van der Waals surface area contributed by atoms with Gasteiger partial charge in [0.05, 0.1) is 0 Å². The summed E-state index contributed by atoms with van der Waals surface area (Å²) in [6, 6.07) is 8.97. The molecule has 2 rings (SSSR count). The van der Waals surface area contributed by atoms with Gasteiger partial charge in [-0.25, -0.2) is 0 Å². The average Bonchev–Trinajstić information content (AvgIpc) is 2.68. The van der Waals surface area contributed by atoms with Crippen LogP contribution in [0.2, 0.25) is 0 Å². The van der Waals surface area contributed by atoms with Crippen LogP contribution in [-0.4, -0.2) is 11.1 Å². The normalized spacial score (nSPS) is 11.5. The maximum Gasteiger partial charge on any atom is 0.0480 e. The van der Waals surface area contributed by atoms with Crippen LogP contribution >= 0.6 is 0 Å². The van der Waals surface area contributed by atoms with E-state index in [2.05, 4.69) is 61.1 Å². The summed E-state index contributed by atoms with van der Waals surface area (Å²) in [5.41, 5.74) is 2.71. The topological polar surface area (TPSA) is 17.0 Å². The lowest BCUT2D eigenvalue weighted by molar-refractivity contribution is 0.535. The molecule has 17 heavy (non-hydrogen) atoms. The van der Waals surface area contributed by atoms with E-state index in [1.54, 1.807) is 0 Å². The predicted octanol–water partition coefficient (Wildman–Crippen LogP) is 3.41. The molecule has 2 aromatic rings. The van der Waals surface area contributed by atoms with Gasteiger partial charge in [0, 0.05) is 24.8 Å². The maximum atomic E-state index is 3.36. The van der Waals surface area contributed by atoms with Gasteiger partial charge in [0.15, 0.2) is 0 Å². The molecule has 2 heteroatoms. The van der Waals surface area contributed by atoms with Crippen LogP contribution in [0, 0.1) is 5.92 Å². The van der Waals surface area contributed by atoms with Crippen molar-refractivity contribution in [3.63, 3.8) is 0 Å². The Morgan fingerprint density at radius 2 is 2.06 bits per heavy atom. The van der Waals surface area contributed by atoms with E-state index in [1.807, 2.05) is 0 Å². The van der Waals surface area contributed by atoms with Crippen LogP contribution in [0.3, 0.4) is 0 Å². The lowest BCUT2D eigenvalue weighted by Gasteiger charge is -2.09. The molecule has 0 bridgehead atoms. The first-order chi connectivity index (χ1) is 8.20. The predicted molar refractivity (Wildman–Crippen MR) is 74.2 cm³/mol. The number of nitrogens with one attached hydrogen (secondary N) is 1. The monoisotopic (exact) mass is 230 g/mol. The first-order valence-electron chi connectivity index (χ1n) is 6.49. The zero-order valence-corrected chi connectivity index (χ0v) is 11.0. The minimum absolute atomic E-state index is 0.687. The molecule has 0 radical (unpaired) electrons. The Bertz CT molecular complexity index is 483. The molecule has 0 atom stereocenters. The summed E-state index contributed by atoms with van der Waals surface area (Å²) < 4.78 is 2.34.